The van der Waals surface area contributed by atoms with E-state index in [1.165, 1.54) is 4.68 Å². The summed E-state index contributed by atoms with van der Waals surface area (Å²) in [5.74, 6) is -0.274. The second-order valence-electron chi connectivity index (χ2n) is 7.87. The molecule has 0 aliphatic heterocycles. The largest absolute Gasteiger partial charge is 0.350 e. The lowest BCUT2D eigenvalue weighted by molar-refractivity contribution is -0.122. The molecule has 2 aromatic carbocycles. The molecule has 7 heteroatoms. The van der Waals surface area contributed by atoms with E-state index in [0.717, 1.165) is 33.5 Å². The molecule has 4 rings (SSSR count). The number of aryl methyl sites for hydroxylation is 4. The smallest absolute Gasteiger partial charge is 0.295 e. The van der Waals surface area contributed by atoms with Gasteiger partial charge in [-0.1, -0.05) is 47.5 Å². The minimum Gasteiger partial charge on any atom is -0.350 e. The number of amides is 1. The van der Waals surface area contributed by atoms with Crippen LogP contribution in [0.3, 0.4) is 0 Å². The molecule has 0 saturated carbocycles. The maximum absolute atomic E-state index is 13.0. The molecule has 31 heavy (non-hydrogen) atoms. The van der Waals surface area contributed by atoms with Gasteiger partial charge in [-0.3, -0.25) is 9.59 Å². The standard InChI is InChI=1S/C24H25N5O2/c1-15-5-9-19(10-6-15)13-25-21(30)14-28-24(31)23-22(17(3)26-28)18(4)29(27-23)20-11-7-16(2)8-12-20/h5-12H,13-14H2,1-4H3,(H,25,30). The summed E-state index contributed by atoms with van der Waals surface area (Å²) in [6, 6.07) is 15.9. The molecule has 2 aromatic heterocycles. The van der Waals surface area contributed by atoms with Crippen LogP contribution in [0.2, 0.25) is 0 Å². The molecule has 1 N–H and O–H groups in total. The first-order chi connectivity index (χ1) is 14.8. The summed E-state index contributed by atoms with van der Waals surface area (Å²) < 4.78 is 2.94. The Hall–Kier alpha value is -3.74. The lowest BCUT2D eigenvalue weighted by Gasteiger charge is -2.08. The number of nitrogens with zero attached hydrogens (tertiary/aromatic N) is 4. The van der Waals surface area contributed by atoms with Gasteiger partial charge in [0.1, 0.15) is 6.54 Å². The fourth-order valence-corrected chi connectivity index (χ4v) is 3.63. The Morgan fingerprint density at radius 1 is 0.903 bits per heavy atom. The molecule has 0 unspecified atom stereocenters. The van der Waals surface area contributed by atoms with E-state index in [1.54, 1.807) is 4.68 Å². The number of hydrogen-bond acceptors (Lipinski definition) is 4. The van der Waals surface area contributed by atoms with Crippen LogP contribution >= 0.6 is 0 Å². The van der Waals surface area contributed by atoms with E-state index < -0.39 is 0 Å². The Morgan fingerprint density at radius 3 is 2.16 bits per heavy atom. The highest BCUT2D eigenvalue weighted by Crippen LogP contribution is 2.21. The fraction of sp³-hybridized carbons (Fsp3) is 0.250. The van der Waals surface area contributed by atoms with Crippen LogP contribution in [0.15, 0.2) is 53.3 Å². The molecule has 0 spiro atoms. The molecule has 0 bridgehead atoms. The predicted octanol–water partition coefficient (Wildman–Crippen LogP) is 3.13. The summed E-state index contributed by atoms with van der Waals surface area (Å²) in [6.07, 6.45) is 0. The average Bonchev–Trinajstić information content (AvgIpc) is 3.10. The van der Waals surface area contributed by atoms with Crippen LogP contribution in [0.1, 0.15) is 28.1 Å². The van der Waals surface area contributed by atoms with Crippen molar-refractivity contribution >= 4 is 16.8 Å². The van der Waals surface area contributed by atoms with Crippen LogP contribution in [-0.2, 0) is 17.9 Å². The molecule has 4 aromatic rings. The van der Waals surface area contributed by atoms with Crippen molar-refractivity contribution in [2.24, 2.45) is 0 Å². The number of carbonyl (C=O) groups is 1. The highest BCUT2D eigenvalue weighted by Gasteiger charge is 2.18. The summed E-state index contributed by atoms with van der Waals surface area (Å²) in [6.45, 7) is 8.03. The van der Waals surface area contributed by atoms with Crippen LogP contribution in [0.5, 0.6) is 0 Å². The molecule has 0 radical (unpaired) electrons. The lowest BCUT2D eigenvalue weighted by atomic mass is 10.1. The first-order valence-electron chi connectivity index (χ1n) is 10.2. The molecule has 7 nitrogen and oxygen atoms in total. The van der Waals surface area contributed by atoms with Gasteiger partial charge in [-0.2, -0.15) is 10.2 Å². The topological polar surface area (TPSA) is 81.8 Å². The predicted molar refractivity (Wildman–Crippen MR) is 120 cm³/mol. The third-order valence-corrected chi connectivity index (χ3v) is 5.37. The minimum absolute atomic E-state index is 0.155. The van der Waals surface area contributed by atoms with E-state index in [0.29, 0.717) is 17.8 Å². The molecule has 0 saturated heterocycles. The number of rotatable bonds is 5. The van der Waals surface area contributed by atoms with Gasteiger partial charge < -0.3 is 5.32 Å². The summed E-state index contributed by atoms with van der Waals surface area (Å²) in [5, 5.41) is 12.5. The summed E-state index contributed by atoms with van der Waals surface area (Å²) in [5.41, 5.74) is 5.63. The van der Waals surface area contributed by atoms with Crippen molar-refractivity contribution in [3.63, 3.8) is 0 Å². The van der Waals surface area contributed by atoms with Crippen molar-refractivity contribution in [2.75, 3.05) is 0 Å². The van der Waals surface area contributed by atoms with Crippen LogP contribution in [0, 0.1) is 27.7 Å². The summed E-state index contributed by atoms with van der Waals surface area (Å²) in [4.78, 5) is 25.5. The van der Waals surface area contributed by atoms with Gasteiger partial charge in [0.25, 0.3) is 5.56 Å². The first kappa shape index (κ1) is 20.5. The number of aromatic nitrogens is 4. The first-order valence-corrected chi connectivity index (χ1v) is 10.2. The van der Waals surface area contributed by atoms with Gasteiger partial charge in [-0.15, -0.1) is 0 Å². The van der Waals surface area contributed by atoms with E-state index in [2.05, 4.69) is 15.5 Å². The molecule has 0 aliphatic carbocycles. The second-order valence-corrected chi connectivity index (χ2v) is 7.87. The maximum atomic E-state index is 13.0. The van der Waals surface area contributed by atoms with Gasteiger partial charge in [0, 0.05) is 6.54 Å². The molecule has 0 aliphatic rings. The van der Waals surface area contributed by atoms with Crippen molar-refractivity contribution in [2.45, 2.75) is 40.8 Å². The molecular weight excluding hydrogens is 390 g/mol. The molecule has 1 amide bonds. The Kier molecular flexibility index (Phi) is 5.42. The minimum atomic E-state index is -0.375. The highest BCUT2D eigenvalue weighted by molar-refractivity contribution is 5.83. The van der Waals surface area contributed by atoms with Gasteiger partial charge in [0.05, 0.1) is 22.5 Å². The van der Waals surface area contributed by atoms with Crippen molar-refractivity contribution < 1.29 is 4.79 Å². The van der Waals surface area contributed by atoms with E-state index in [-0.39, 0.29) is 18.0 Å². The molecule has 2 heterocycles. The van der Waals surface area contributed by atoms with Crippen molar-refractivity contribution in [3.8, 4) is 5.69 Å². The number of carbonyl (C=O) groups excluding carboxylic acids is 1. The molecule has 158 valence electrons. The molecule has 0 atom stereocenters. The quantitative estimate of drug-likeness (QED) is 0.543. The normalized spacial score (nSPS) is 11.1. The van der Waals surface area contributed by atoms with Crippen molar-refractivity contribution in [1.29, 1.82) is 0 Å². The summed E-state index contributed by atoms with van der Waals surface area (Å²) >= 11 is 0. The maximum Gasteiger partial charge on any atom is 0.295 e. The van der Waals surface area contributed by atoms with Crippen molar-refractivity contribution in [3.05, 3.63) is 87.0 Å². The van der Waals surface area contributed by atoms with Crippen LogP contribution in [-0.4, -0.2) is 25.5 Å². The Balaban J connectivity index is 1.61. The Morgan fingerprint density at radius 2 is 1.52 bits per heavy atom. The third-order valence-electron chi connectivity index (χ3n) is 5.37. The fourth-order valence-electron chi connectivity index (χ4n) is 3.63. The average molecular weight is 415 g/mol. The SMILES string of the molecule is Cc1ccc(CNC(=O)Cn2nc(C)c3c(C)n(-c4ccc(C)cc4)nc3c2=O)cc1. The second kappa shape index (κ2) is 8.18. The van der Waals surface area contributed by atoms with Gasteiger partial charge in [0.15, 0.2) is 5.52 Å². The van der Waals surface area contributed by atoms with Crippen molar-refractivity contribution in [1.82, 2.24) is 24.9 Å². The van der Waals surface area contributed by atoms with E-state index in [1.807, 2.05) is 76.2 Å². The Bertz CT molecular complexity index is 1320. The van der Waals surface area contributed by atoms with E-state index in [9.17, 15) is 9.59 Å². The monoisotopic (exact) mass is 415 g/mol. The number of nitrogens with one attached hydrogen (secondary N) is 1. The van der Waals surface area contributed by atoms with Crippen LogP contribution < -0.4 is 10.9 Å². The van der Waals surface area contributed by atoms with Gasteiger partial charge in [-0.25, -0.2) is 9.36 Å². The van der Waals surface area contributed by atoms with E-state index >= 15 is 0 Å². The third kappa shape index (κ3) is 4.12. The zero-order chi connectivity index (χ0) is 22.1. The van der Waals surface area contributed by atoms with Gasteiger partial charge in [-0.05, 0) is 45.4 Å². The summed E-state index contributed by atoms with van der Waals surface area (Å²) in [7, 11) is 0. The van der Waals surface area contributed by atoms with Gasteiger partial charge in [0.2, 0.25) is 5.91 Å². The lowest BCUT2D eigenvalue weighted by Crippen LogP contribution is -2.34. The van der Waals surface area contributed by atoms with Crippen LogP contribution in [0.25, 0.3) is 16.6 Å². The number of hydrogen-bond donors (Lipinski definition) is 1. The van der Waals surface area contributed by atoms with Gasteiger partial charge >= 0.3 is 0 Å². The van der Waals surface area contributed by atoms with Crippen LogP contribution in [0.4, 0.5) is 0 Å². The zero-order valence-electron chi connectivity index (χ0n) is 18.1. The number of fused-ring (bicyclic) bond motifs is 1. The Labute approximate surface area is 180 Å². The highest BCUT2D eigenvalue weighted by atomic mass is 16.2. The number of benzene rings is 2. The molecular formula is C24H25N5O2. The molecule has 0 fully saturated rings. The zero-order valence-corrected chi connectivity index (χ0v) is 18.1. The van der Waals surface area contributed by atoms with E-state index in [4.69, 9.17) is 0 Å².